The molecule has 0 spiro atoms. The number of hydrogen-bond acceptors (Lipinski definition) is 5. The van der Waals surface area contributed by atoms with Gasteiger partial charge in [-0.15, -0.1) is 0 Å². The maximum atomic E-state index is 12.8. The fourth-order valence-corrected chi connectivity index (χ4v) is 3.16. The molecule has 7 nitrogen and oxygen atoms in total. The van der Waals surface area contributed by atoms with Crippen LogP contribution in [-0.4, -0.2) is 77.0 Å². The summed E-state index contributed by atoms with van der Waals surface area (Å²) < 4.78 is 7.01. The van der Waals surface area contributed by atoms with Gasteiger partial charge in [-0.3, -0.25) is 9.69 Å². The van der Waals surface area contributed by atoms with Gasteiger partial charge in [-0.05, 0) is 25.6 Å². The first-order valence-electron chi connectivity index (χ1n) is 8.42. The van der Waals surface area contributed by atoms with Gasteiger partial charge in [0.2, 0.25) is 0 Å². The number of methoxy groups -OCH3 is 1. The Labute approximate surface area is 147 Å². The molecule has 1 aromatic heterocycles. The number of ether oxygens (including phenoxy) is 1. The third-order valence-electron chi connectivity index (χ3n) is 4.69. The van der Waals surface area contributed by atoms with Crippen molar-refractivity contribution >= 4 is 5.91 Å². The van der Waals surface area contributed by atoms with Crippen molar-refractivity contribution in [2.45, 2.75) is 12.5 Å². The van der Waals surface area contributed by atoms with Crippen LogP contribution in [0.25, 0.3) is 5.69 Å². The van der Waals surface area contributed by atoms with Crippen molar-refractivity contribution in [1.82, 2.24) is 19.6 Å². The number of aromatic nitrogens is 2. The summed E-state index contributed by atoms with van der Waals surface area (Å²) in [6, 6.07) is 7.74. The number of amides is 1. The Morgan fingerprint density at radius 3 is 2.92 bits per heavy atom. The Kier molecular flexibility index (Phi) is 5.35. The van der Waals surface area contributed by atoms with E-state index in [1.165, 1.54) is 0 Å². The number of carbonyl (C=O) groups excluding carboxylic acids is 1. The van der Waals surface area contributed by atoms with Crippen LogP contribution in [-0.2, 0) is 0 Å². The Hall–Kier alpha value is -2.38. The molecule has 0 aliphatic carbocycles. The molecule has 0 radical (unpaired) electrons. The molecule has 2 aromatic rings. The number of benzene rings is 1. The number of aliphatic hydroxyl groups is 1. The lowest BCUT2D eigenvalue weighted by Gasteiger charge is -2.39. The lowest BCUT2D eigenvalue weighted by Crippen LogP contribution is -2.53. The lowest BCUT2D eigenvalue weighted by molar-refractivity contribution is 0.0500. The Balaban J connectivity index is 1.77. The number of carbonyl (C=O) groups is 1. The second-order valence-corrected chi connectivity index (χ2v) is 6.24. The topological polar surface area (TPSA) is 70.8 Å². The van der Waals surface area contributed by atoms with Gasteiger partial charge in [0, 0.05) is 38.5 Å². The summed E-state index contributed by atoms with van der Waals surface area (Å²) in [6.45, 7) is 2.23. The number of likely N-dealkylation sites (N-methyl/N-ethyl adjacent to an activating group) is 1. The molecule has 0 unspecified atom stereocenters. The van der Waals surface area contributed by atoms with E-state index in [0.717, 1.165) is 12.2 Å². The molecule has 1 aromatic carbocycles. The molecule has 1 fully saturated rings. The molecule has 25 heavy (non-hydrogen) atoms. The van der Waals surface area contributed by atoms with Crippen molar-refractivity contribution in [1.29, 1.82) is 0 Å². The van der Waals surface area contributed by atoms with Crippen LogP contribution in [0.2, 0.25) is 0 Å². The van der Waals surface area contributed by atoms with Crippen LogP contribution in [0.4, 0.5) is 0 Å². The predicted octanol–water partition coefficient (Wildman–Crippen LogP) is 1.02. The van der Waals surface area contributed by atoms with E-state index in [9.17, 15) is 9.90 Å². The largest absolute Gasteiger partial charge is 0.494 e. The van der Waals surface area contributed by atoms with Gasteiger partial charge < -0.3 is 14.7 Å². The van der Waals surface area contributed by atoms with Gasteiger partial charge in [0.25, 0.3) is 5.91 Å². The molecule has 7 heteroatoms. The highest BCUT2D eigenvalue weighted by Crippen LogP contribution is 2.22. The normalized spacial score (nSPS) is 18.4. The van der Waals surface area contributed by atoms with Gasteiger partial charge in [0.15, 0.2) is 0 Å². The van der Waals surface area contributed by atoms with Crippen LogP contribution in [0.5, 0.6) is 5.75 Å². The quantitative estimate of drug-likeness (QED) is 0.877. The zero-order valence-electron chi connectivity index (χ0n) is 14.6. The summed E-state index contributed by atoms with van der Waals surface area (Å²) in [5.74, 6) is 0.671. The molecule has 3 rings (SSSR count). The lowest BCUT2D eigenvalue weighted by atomic mass is 10.1. The molecule has 1 saturated heterocycles. The smallest absolute Gasteiger partial charge is 0.257 e. The SMILES string of the molecule is COc1ccccc1-n1cc(C(=O)N2CCN(C)[C@H](CCO)C2)cn1. The average Bonchev–Trinajstić information content (AvgIpc) is 3.13. The molecule has 1 aliphatic rings. The first kappa shape index (κ1) is 17.4. The van der Waals surface area contributed by atoms with Crippen LogP contribution in [0, 0.1) is 0 Å². The predicted molar refractivity (Wildman–Crippen MR) is 94.1 cm³/mol. The Morgan fingerprint density at radius 1 is 1.36 bits per heavy atom. The number of piperazine rings is 1. The van der Waals surface area contributed by atoms with Crippen LogP contribution in [0.3, 0.4) is 0 Å². The van der Waals surface area contributed by atoms with Crippen molar-refractivity contribution in [2.24, 2.45) is 0 Å². The van der Waals surface area contributed by atoms with E-state index in [0.29, 0.717) is 30.8 Å². The zero-order valence-corrected chi connectivity index (χ0v) is 14.6. The van der Waals surface area contributed by atoms with Crippen molar-refractivity contribution in [2.75, 3.05) is 40.4 Å². The first-order chi connectivity index (χ1) is 12.1. The Morgan fingerprint density at radius 2 is 2.16 bits per heavy atom. The van der Waals surface area contributed by atoms with E-state index in [4.69, 9.17) is 4.74 Å². The fraction of sp³-hybridized carbons (Fsp3) is 0.444. The van der Waals surface area contributed by atoms with E-state index in [1.807, 2.05) is 36.2 Å². The summed E-state index contributed by atoms with van der Waals surface area (Å²) in [5, 5.41) is 13.5. The zero-order chi connectivity index (χ0) is 17.8. The molecule has 134 valence electrons. The third-order valence-corrected chi connectivity index (χ3v) is 4.69. The first-order valence-corrected chi connectivity index (χ1v) is 8.42. The van der Waals surface area contributed by atoms with E-state index in [1.54, 1.807) is 24.2 Å². The van der Waals surface area contributed by atoms with E-state index >= 15 is 0 Å². The second-order valence-electron chi connectivity index (χ2n) is 6.24. The van der Waals surface area contributed by atoms with Gasteiger partial charge in [-0.2, -0.15) is 5.10 Å². The van der Waals surface area contributed by atoms with E-state index < -0.39 is 0 Å². The number of para-hydroxylation sites is 2. The number of rotatable bonds is 5. The summed E-state index contributed by atoms with van der Waals surface area (Å²) in [6.07, 6.45) is 3.99. The molecule has 1 N–H and O–H groups in total. The highest BCUT2D eigenvalue weighted by molar-refractivity contribution is 5.94. The maximum Gasteiger partial charge on any atom is 0.257 e. The molecule has 0 saturated carbocycles. The Bertz CT molecular complexity index is 731. The molecular weight excluding hydrogens is 320 g/mol. The standard InChI is InChI=1S/C18H24N4O3/c1-20-8-9-21(13-15(20)7-10-23)18(24)14-11-19-22(12-14)16-5-3-4-6-17(16)25-2/h3-6,11-12,15,23H,7-10,13H2,1-2H3/t15-/m1/s1. The third kappa shape index (κ3) is 3.67. The monoisotopic (exact) mass is 344 g/mol. The number of aliphatic hydroxyl groups excluding tert-OH is 1. The summed E-state index contributed by atoms with van der Waals surface area (Å²) in [5.41, 5.74) is 1.35. The minimum atomic E-state index is -0.0304. The number of hydrogen-bond donors (Lipinski definition) is 1. The van der Waals surface area contributed by atoms with Crippen LogP contribution in [0.15, 0.2) is 36.7 Å². The van der Waals surface area contributed by atoms with Crippen LogP contribution in [0.1, 0.15) is 16.8 Å². The van der Waals surface area contributed by atoms with Crippen LogP contribution >= 0.6 is 0 Å². The summed E-state index contributed by atoms with van der Waals surface area (Å²) in [7, 11) is 3.64. The van der Waals surface area contributed by atoms with Crippen molar-refractivity contribution in [3.05, 3.63) is 42.2 Å². The van der Waals surface area contributed by atoms with E-state index in [-0.39, 0.29) is 18.6 Å². The van der Waals surface area contributed by atoms with Crippen molar-refractivity contribution in [3.8, 4) is 11.4 Å². The summed E-state index contributed by atoms with van der Waals surface area (Å²) in [4.78, 5) is 16.8. The fourth-order valence-electron chi connectivity index (χ4n) is 3.16. The van der Waals surface area contributed by atoms with Gasteiger partial charge in [-0.1, -0.05) is 12.1 Å². The molecule has 0 bridgehead atoms. The molecule has 1 amide bonds. The van der Waals surface area contributed by atoms with Gasteiger partial charge in [-0.25, -0.2) is 4.68 Å². The minimum Gasteiger partial charge on any atom is -0.494 e. The highest BCUT2D eigenvalue weighted by Gasteiger charge is 2.28. The minimum absolute atomic E-state index is 0.0304. The van der Waals surface area contributed by atoms with Gasteiger partial charge in [0.05, 0.1) is 18.9 Å². The summed E-state index contributed by atoms with van der Waals surface area (Å²) >= 11 is 0. The molecule has 1 aliphatic heterocycles. The van der Waals surface area contributed by atoms with Gasteiger partial charge in [0.1, 0.15) is 11.4 Å². The van der Waals surface area contributed by atoms with E-state index in [2.05, 4.69) is 10.00 Å². The maximum absolute atomic E-state index is 12.8. The molecule has 2 heterocycles. The molecular formula is C18H24N4O3. The number of nitrogens with zero attached hydrogens (tertiary/aromatic N) is 4. The second kappa shape index (κ2) is 7.67. The van der Waals surface area contributed by atoms with Crippen molar-refractivity contribution in [3.63, 3.8) is 0 Å². The average molecular weight is 344 g/mol. The highest BCUT2D eigenvalue weighted by atomic mass is 16.5. The van der Waals surface area contributed by atoms with Crippen molar-refractivity contribution < 1.29 is 14.6 Å². The van der Waals surface area contributed by atoms with Crippen LogP contribution < -0.4 is 4.74 Å². The van der Waals surface area contributed by atoms with Gasteiger partial charge >= 0.3 is 0 Å². The molecule has 1 atom stereocenters.